The predicted octanol–water partition coefficient (Wildman–Crippen LogP) is 1.18. The molecule has 2 aliphatic rings. The average molecular weight is 397 g/mol. The second-order valence-corrected chi connectivity index (χ2v) is 6.94. The molecule has 8 heteroatoms. The highest BCUT2D eigenvalue weighted by molar-refractivity contribution is 5.85. The van der Waals surface area contributed by atoms with Crippen LogP contribution in [0.5, 0.6) is 0 Å². The van der Waals surface area contributed by atoms with Gasteiger partial charge in [-0.05, 0) is 12.5 Å². The number of rotatable bonds is 3. The monoisotopic (exact) mass is 396 g/mol. The largest absolute Gasteiger partial charge is 0.375 e. The Morgan fingerprint density at radius 3 is 2.41 bits per heavy atom. The van der Waals surface area contributed by atoms with Gasteiger partial charge < -0.3 is 24.8 Å². The van der Waals surface area contributed by atoms with Crippen molar-refractivity contribution in [3.8, 4) is 0 Å². The number of halogens is 1. The van der Waals surface area contributed by atoms with E-state index < -0.39 is 0 Å². The van der Waals surface area contributed by atoms with Gasteiger partial charge in [-0.3, -0.25) is 4.79 Å². The van der Waals surface area contributed by atoms with E-state index in [9.17, 15) is 9.59 Å². The Morgan fingerprint density at radius 2 is 1.78 bits per heavy atom. The summed E-state index contributed by atoms with van der Waals surface area (Å²) in [5.41, 5.74) is 1.11. The number of urea groups is 1. The first-order valence-electron chi connectivity index (χ1n) is 9.24. The second-order valence-electron chi connectivity index (χ2n) is 6.94. The van der Waals surface area contributed by atoms with Crippen molar-refractivity contribution in [2.24, 2.45) is 0 Å². The van der Waals surface area contributed by atoms with Gasteiger partial charge in [0.1, 0.15) is 6.04 Å². The van der Waals surface area contributed by atoms with Crippen LogP contribution in [-0.2, 0) is 16.1 Å². The van der Waals surface area contributed by atoms with Crippen LogP contribution in [0, 0.1) is 0 Å². The number of nitrogens with one attached hydrogen (secondary N) is 1. The average Bonchev–Trinajstić information content (AvgIpc) is 2.68. The van der Waals surface area contributed by atoms with Crippen LogP contribution in [0.2, 0.25) is 0 Å². The fourth-order valence-electron chi connectivity index (χ4n) is 3.49. The zero-order valence-electron chi connectivity index (χ0n) is 16.0. The lowest BCUT2D eigenvalue weighted by Crippen LogP contribution is -2.60. The van der Waals surface area contributed by atoms with E-state index in [2.05, 4.69) is 5.32 Å². The maximum atomic E-state index is 12.7. The predicted molar refractivity (Wildman–Crippen MR) is 106 cm³/mol. The fourth-order valence-corrected chi connectivity index (χ4v) is 3.49. The van der Waals surface area contributed by atoms with Crippen molar-refractivity contribution in [1.29, 1.82) is 0 Å². The zero-order valence-corrected chi connectivity index (χ0v) is 16.8. The van der Waals surface area contributed by atoms with Gasteiger partial charge in [0, 0.05) is 46.3 Å². The number of amides is 3. The Labute approximate surface area is 167 Å². The van der Waals surface area contributed by atoms with E-state index in [-0.39, 0.29) is 36.5 Å². The summed E-state index contributed by atoms with van der Waals surface area (Å²) in [5.74, 6) is 0.0712. The summed E-state index contributed by atoms with van der Waals surface area (Å²) in [6.07, 6.45) is -0.118. The number of hydrogen-bond donors (Lipinski definition) is 1. The molecule has 150 valence electrons. The van der Waals surface area contributed by atoms with Crippen LogP contribution in [-0.4, -0.2) is 85.2 Å². The van der Waals surface area contributed by atoms with Crippen molar-refractivity contribution in [3.05, 3.63) is 35.9 Å². The quantitative estimate of drug-likeness (QED) is 0.833. The molecule has 3 rings (SSSR count). The van der Waals surface area contributed by atoms with Crippen molar-refractivity contribution < 1.29 is 14.3 Å². The highest BCUT2D eigenvalue weighted by Crippen LogP contribution is 2.12. The maximum Gasteiger partial charge on any atom is 0.320 e. The first-order chi connectivity index (χ1) is 12.6. The lowest BCUT2D eigenvalue weighted by atomic mass is 10.1. The van der Waals surface area contributed by atoms with Gasteiger partial charge in [-0.1, -0.05) is 30.3 Å². The molecule has 27 heavy (non-hydrogen) atoms. The maximum absolute atomic E-state index is 12.7. The molecule has 2 fully saturated rings. The molecule has 1 aromatic rings. The lowest BCUT2D eigenvalue weighted by molar-refractivity contribution is -0.140. The molecule has 2 heterocycles. The topological polar surface area (TPSA) is 65.1 Å². The van der Waals surface area contributed by atoms with Crippen LogP contribution in [0.3, 0.4) is 0 Å². The van der Waals surface area contributed by atoms with Gasteiger partial charge in [0.05, 0.1) is 12.7 Å². The van der Waals surface area contributed by atoms with Crippen molar-refractivity contribution >= 4 is 24.3 Å². The van der Waals surface area contributed by atoms with Gasteiger partial charge in [0.25, 0.3) is 0 Å². The normalized spacial score (nSPS) is 22.7. The van der Waals surface area contributed by atoms with E-state index >= 15 is 0 Å². The van der Waals surface area contributed by atoms with Gasteiger partial charge >= 0.3 is 6.03 Å². The molecule has 7 nitrogen and oxygen atoms in total. The Balaban J connectivity index is 0.00000261. The summed E-state index contributed by atoms with van der Waals surface area (Å²) in [7, 11) is 1.82. The van der Waals surface area contributed by atoms with E-state index in [0.717, 1.165) is 5.56 Å². The number of piperazine rings is 1. The minimum Gasteiger partial charge on any atom is -0.375 e. The highest BCUT2D eigenvalue weighted by Gasteiger charge is 2.34. The minimum absolute atomic E-state index is 0. The number of morpholine rings is 1. The summed E-state index contributed by atoms with van der Waals surface area (Å²) in [4.78, 5) is 30.7. The molecule has 0 unspecified atom stereocenters. The molecule has 0 spiro atoms. The van der Waals surface area contributed by atoms with Gasteiger partial charge in [0.2, 0.25) is 5.91 Å². The molecular formula is C19H29ClN4O3. The number of benzene rings is 1. The molecule has 0 saturated carbocycles. The molecule has 0 aliphatic carbocycles. The highest BCUT2D eigenvalue weighted by atomic mass is 35.5. The molecule has 1 aromatic carbocycles. The molecule has 0 radical (unpaired) electrons. The van der Waals surface area contributed by atoms with Crippen LogP contribution >= 0.6 is 12.4 Å². The van der Waals surface area contributed by atoms with Gasteiger partial charge in [-0.2, -0.15) is 0 Å². The Bertz CT molecular complexity index is 623. The van der Waals surface area contributed by atoms with Crippen molar-refractivity contribution in [2.75, 3.05) is 46.4 Å². The smallest absolute Gasteiger partial charge is 0.320 e. The zero-order chi connectivity index (χ0) is 18.5. The van der Waals surface area contributed by atoms with Crippen molar-refractivity contribution in [1.82, 2.24) is 20.0 Å². The molecule has 1 N–H and O–H groups in total. The fraction of sp³-hybridized carbons (Fsp3) is 0.579. The summed E-state index contributed by atoms with van der Waals surface area (Å²) in [5, 5.41) is 3.24. The summed E-state index contributed by atoms with van der Waals surface area (Å²) in [6, 6.07) is 9.67. The summed E-state index contributed by atoms with van der Waals surface area (Å²) >= 11 is 0. The Kier molecular flexibility index (Phi) is 7.89. The first kappa shape index (κ1) is 21.5. The molecule has 2 aliphatic heterocycles. The number of ether oxygens (including phenoxy) is 1. The van der Waals surface area contributed by atoms with Crippen LogP contribution in [0.1, 0.15) is 12.5 Å². The Morgan fingerprint density at radius 1 is 1.15 bits per heavy atom. The molecule has 0 aromatic heterocycles. The molecule has 2 atom stereocenters. The molecular weight excluding hydrogens is 368 g/mol. The van der Waals surface area contributed by atoms with Gasteiger partial charge in [-0.15, -0.1) is 12.4 Å². The number of nitrogens with zero attached hydrogens (tertiary/aromatic N) is 3. The van der Waals surface area contributed by atoms with E-state index in [4.69, 9.17) is 4.74 Å². The first-order valence-corrected chi connectivity index (χ1v) is 9.24. The molecule has 0 bridgehead atoms. The SMILES string of the molecule is C[C@H]1OCCN[C@@H]1C(=O)N1CCN(C(=O)N(C)Cc2ccccc2)CC1.Cl. The van der Waals surface area contributed by atoms with E-state index in [1.54, 1.807) is 4.90 Å². The standard InChI is InChI=1S/C19H28N4O3.ClH/c1-15-17(20-8-13-26-15)18(24)22-9-11-23(12-10-22)19(25)21(2)14-16-6-4-3-5-7-16;/h3-7,15,17,20H,8-14H2,1-2H3;1H/t15-,17+;/m1./s1. The van der Waals surface area contributed by atoms with Crippen LogP contribution in [0.15, 0.2) is 30.3 Å². The van der Waals surface area contributed by atoms with Crippen molar-refractivity contribution in [2.45, 2.75) is 25.6 Å². The second kappa shape index (κ2) is 9.92. The van der Waals surface area contributed by atoms with Crippen LogP contribution in [0.4, 0.5) is 4.79 Å². The molecule has 3 amide bonds. The lowest BCUT2D eigenvalue weighted by Gasteiger charge is -2.39. The third-order valence-corrected chi connectivity index (χ3v) is 5.03. The van der Waals surface area contributed by atoms with E-state index in [1.165, 1.54) is 0 Å². The number of carbonyl (C=O) groups is 2. The summed E-state index contributed by atoms with van der Waals surface area (Å²) < 4.78 is 5.57. The number of hydrogen-bond acceptors (Lipinski definition) is 4. The van der Waals surface area contributed by atoms with Crippen molar-refractivity contribution in [3.63, 3.8) is 0 Å². The van der Waals surface area contributed by atoms with Crippen LogP contribution in [0.25, 0.3) is 0 Å². The third-order valence-electron chi connectivity index (χ3n) is 5.03. The van der Waals surface area contributed by atoms with Gasteiger partial charge in [0.15, 0.2) is 0 Å². The molecule has 2 saturated heterocycles. The minimum atomic E-state index is -0.285. The van der Waals surface area contributed by atoms with E-state index in [1.807, 2.05) is 54.1 Å². The number of carbonyl (C=O) groups excluding carboxylic acids is 2. The van der Waals surface area contributed by atoms with E-state index in [0.29, 0.717) is 45.9 Å². The van der Waals surface area contributed by atoms with Crippen LogP contribution < -0.4 is 5.32 Å². The van der Waals surface area contributed by atoms with Gasteiger partial charge in [-0.25, -0.2) is 4.79 Å². The summed E-state index contributed by atoms with van der Waals surface area (Å²) in [6.45, 7) is 6.10. The third kappa shape index (κ3) is 5.34. The Hall–Kier alpha value is -1.83.